The van der Waals surface area contributed by atoms with E-state index < -0.39 is 16.6 Å². The second-order valence-electron chi connectivity index (χ2n) is 4.76. The van der Waals surface area contributed by atoms with Gasteiger partial charge in [0.2, 0.25) is 0 Å². The number of nitrogens with zero attached hydrogens (tertiary/aromatic N) is 2. The van der Waals surface area contributed by atoms with Crippen LogP contribution in [0.4, 0.5) is 10.1 Å². The summed E-state index contributed by atoms with van der Waals surface area (Å²) in [6.45, 7) is 0.894. The maximum atomic E-state index is 13.3. The molecule has 0 aliphatic carbocycles. The highest BCUT2D eigenvalue weighted by Crippen LogP contribution is 2.27. The number of thiophene rings is 1. The summed E-state index contributed by atoms with van der Waals surface area (Å²) >= 11 is 1.64. The third-order valence-corrected chi connectivity index (χ3v) is 4.50. The molecular weight excluding hydrogens is 295 g/mol. The minimum absolute atomic E-state index is 0.196. The Morgan fingerprint density at radius 3 is 2.95 bits per heavy atom. The zero-order valence-electron chi connectivity index (χ0n) is 10.9. The molecule has 3 rings (SSSR count). The summed E-state index contributed by atoms with van der Waals surface area (Å²) in [4.78, 5) is 25.6. The smallest absolute Gasteiger partial charge is 0.282 e. The van der Waals surface area contributed by atoms with Crippen LogP contribution in [0.1, 0.15) is 20.8 Å². The van der Waals surface area contributed by atoms with Crippen molar-refractivity contribution in [3.8, 4) is 0 Å². The summed E-state index contributed by atoms with van der Waals surface area (Å²) in [6, 6.07) is 4.90. The molecule has 0 spiro atoms. The fraction of sp³-hybridized carbons (Fsp3) is 0.214. The first-order chi connectivity index (χ1) is 10.1. The van der Waals surface area contributed by atoms with Crippen molar-refractivity contribution in [1.82, 2.24) is 4.90 Å². The van der Waals surface area contributed by atoms with Crippen LogP contribution in [0.15, 0.2) is 29.6 Å². The van der Waals surface area contributed by atoms with Crippen LogP contribution in [-0.4, -0.2) is 22.3 Å². The van der Waals surface area contributed by atoms with Gasteiger partial charge in [-0.05, 0) is 35.6 Å². The van der Waals surface area contributed by atoms with E-state index in [2.05, 4.69) is 0 Å². The van der Waals surface area contributed by atoms with Gasteiger partial charge in [-0.2, -0.15) is 0 Å². The van der Waals surface area contributed by atoms with E-state index in [4.69, 9.17) is 0 Å². The van der Waals surface area contributed by atoms with Crippen molar-refractivity contribution in [2.75, 3.05) is 6.54 Å². The third kappa shape index (κ3) is 2.52. The SMILES string of the molecule is O=C(c1cc(F)ccc1[N+](=O)[O-])N1CCc2sccc2C1. The molecule has 2 aromatic rings. The van der Waals surface area contributed by atoms with Gasteiger partial charge in [0.25, 0.3) is 11.6 Å². The number of nitro benzene ring substituents is 1. The number of benzene rings is 1. The van der Waals surface area contributed by atoms with Gasteiger partial charge in [0, 0.05) is 24.0 Å². The van der Waals surface area contributed by atoms with Crippen LogP contribution in [0.2, 0.25) is 0 Å². The molecule has 0 atom stereocenters. The Morgan fingerprint density at radius 2 is 2.19 bits per heavy atom. The molecule has 0 saturated heterocycles. The Kier molecular flexibility index (Phi) is 3.42. The second-order valence-corrected chi connectivity index (χ2v) is 5.76. The molecule has 5 nitrogen and oxygen atoms in total. The van der Waals surface area contributed by atoms with E-state index in [1.165, 1.54) is 9.78 Å². The van der Waals surface area contributed by atoms with Crippen molar-refractivity contribution in [3.63, 3.8) is 0 Å². The van der Waals surface area contributed by atoms with E-state index in [-0.39, 0.29) is 11.3 Å². The van der Waals surface area contributed by atoms with Gasteiger partial charge in [-0.1, -0.05) is 0 Å². The summed E-state index contributed by atoms with van der Waals surface area (Å²) in [5.41, 5.74) is 0.495. The lowest BCUT2D eigenvalue weighted by atomic mass is 10.1. The first-order valence-corrected chi connectivity index (χ1v) is 7.22. The molecule has 0 radical (unpaired) electrons. The van der Waals surface area contributed by atoms with E-state index in [0.29, 0.717) is 13.1 Å². The Balaban J connectivity index is 1.93. The number of rotatable bonds is 2. The number of hydrogen-bond donors (Lipinski definition) is 0. The highest BCUT2D eigenvalue weighted by molar-refractivity contribution is 7.10. The van der Waals surface area contributed by atoms with E-state index in [1.807, 2.05) is 11.4 Å². The van der Waals surface area contributed by atoms with Crippen LogP contribution in [0, 0.1) is 15.9 Å². The first-order valence-electron chi connectivity index (χ1n) is 6.34. The molecule has 1 amide bonds. The van der Waals surface area contributed by atoms with Gasteiger partial charge in [-0.25, -0.2) is 4.39 Å². The highest BCUT2D eigenvalue weighted by atomic mass is 32.1. The van der Waals surface area contributed by atoms with Gasteiger partial charge in [0.15, 0.2) is 0 Å². The van der Waals surface area contributed by atoms with Gasteiger partial charge in [0.05, 0.1) is 4.92 Å². The largest absolute Gasteiger partial charge is 0.334 e. The van der Waals surface area contributed by atoms with Crippen LogP contribution < -0.4 is 0 Å². The van der Waals surface area contributed by atoms with E-state index in [0.717, 1.165) is 30.2 Å². The molecular formula is C14H11FN2O3S. The molecule has 1 aliphatic heterocycles. The third-order valence-electron chi connectivity index (χ3n) is 3.48. The van der Waals surface area contributed by atoms with Crippen molar-refractivity contribution in [2.24, 2.45) is 0 Å². The summed E-state index contributed by atoms with van der Waals surface area (Å²) in [5, 5.41) is 13.0. The molecule has 108 valence electrons. The standard InChI is InChI=1S/C14H11FN2O3S/c15-10-1-2-12(17(19)20)11(7-10)14(18)16-5-3-13-9(8-16)4-6-21-13/h1-2,4,6-7H,3,5,8H2. The minimum atomic E-state index is -0.660. The second kappa shape index (κ2) is 5.25. The number of hydrogen-bond acceptors (Lipinski definition) is 4. The van der Waals surface area contributed by atoms with Gasteiger partial charge in [0.1, 0.15) is 11.4 Å². The normalized spacial score (nSPS) is 13.9. The summed E-state index contributed by atoms with van der Waals surface area (Å²) < 4.78 is 13.3. The van der Waals surface area contributed by atoms with Gasteiger partial charge < -0.3 is 4.90 Å². The topological polar surface area (TPSA) is 63.4 Å². The molecule has 1 aliphatic rings. The fourth-order valence-corrected chi connectivity index (χ4v) is 3.32. The van der Waals surface area contributed by atoms with Gasteiger partial charge in [-0.15, -0.1) is 11.3 Å². The maximum absolute atomic E-state index is 13.3. The Bertz CT molecular complexity index is 729. The lowest BCUT2D eigenvalue weighted by molar-refractivity contribution is -0.385. The average molecular weight is 306 g/mol. The maximum Gasteiger partial charge on any atom is 0.282 e. The first kappa shape index (κ1) is 13.7. The number of fused-ring (bicyclic) bond motifs is 1. The molecule has 0 fully saturated rings. The zero-order chi connectivity index (χ0) is 15.0. The quantitative estimate of drug-likeness (QED) is 0.633. The number of carbonyl (C=O) groups is 1. The Morgan fingerprint density at radius 1 is 1.38 bits per heavy atom. The van der Waals surface area contributed by atoms with Crippen molar-refractivity contribution in [1.29, 1.82) is 0 Å². The van der Waals surface area contributed by atoms with Crippen molar-refractivity contribution >= 4 is 22.9 Å². The van der Waals surface area contributed by atoms with Gasteiger partial charge in [-0.3, -0.25) is 14.9 Å². The predicted molar refractivity (Wildman–Crippen MR) is 75.8 cm³/mol. The summed E-state index contributed by atoms with van der Waals surface area (Å²) in [6.07, 6.45) is 0.724. The molecule has 0 N–H and O–H groups in total. The number of halogens is 1. The summed E-state index contributed by atoms with van der Waals surface area (Å²) in [7, 11) is 0. The zero-order valence-corrected chi connectivity index (χ0v) is 11.7. The van der Waals surface area contributed by atoms with Crippen molar-refractivity contribution < 1.29 is 14.1 Å². The van der Waals surface area contributed by atoms with E-state index in [1.54, 1.807) is 11.3 Å². The fourth-order valence-electron chi connectivity index (χ4n) is 2.43. The molecule has 21 heavy (non-hydrogen) atoms. The van der Waals surface area contributed by atoms with Crippen LogP contribution in [0.25, 0.3) is 0 Å². The predicted octanol–water partition coefficient (Wildman–Crippen LogP) is 2.99. The Hall–Kier alpha value is -2.28. The molecule has 0 bridgehead atoms. The molecule has 0 unspecified atom stereocenters. The number of carbonyl (C=O) groups excluding carboxylic acids is 1. The molecule has 1 aromatic heterocycles. The van der Waals surface area contributed by atoms with Crippen LogP contribution in [0.5, 0.6) is 0 Å². The van der Waals surface area contributed by atoms with Crippen molar-refractivity contribution in [2.45, 2.75) is 13.0 Å². The lowest BCUT2D eigenvalue weighted by Gasteiger charge is -2.26. The number of amides is 1. The van der Waals surface area contributed by atoms with Gasteiger partial charge >= 0.3 is 0 Å². The van der Waals surface area contributed by atoms with Crippen LogP contribution in [-0.2, 0) is 13.0 Å². The molecule has 1 aromatic carbocycles. The molecule has 0 saturated carbocycles. The van der Waals surface area contributed by atoms with Crippen LogP contribution in [0.3, 0.4) is 0 Å². The summed E-state index contributed by atoms with van der Waals surface area (Å²) in [5.74, 6) is -1.16. The average Bonchev–Trinajstić information content (AvgIpc) is 2.93. The van der Waals surface area contributed by atoms with E-state index in [9.17, 15) is 19.3 Å². The minimum Gasteiger partial charge on any atom is -0.334 e. The van der Waals surface area contributed by atoms with Crippen LogP contribution >= 0.6 is 11.3 Å². The number of nitro groups is 1. The lowest BCUT2D eigenvalue weighted by Crippen LogP contribution is -2.35. The monoisotopic (exact) mass is 306 g/mol. The van der Waals surface area contributed by atoms with Crippen molar-refractivity contribution in [3.05, 3.63) is 61.6 Å². The molecule has 2 heterocycles. The molecule has 7 heteroatoms. The van der Waals surface area contributed by atoms with E-state index >= 15 is 0 Å². The Labute approximate surface area is 123 Å². The highest BCUT2D eigenvalue weighted by Gasteiger charge is 2.28.